The Morgan fingerprint density at radius 2 is 1.96 bits per heavy atom. The third-order valence-corrected chi connectivity index (χ3v) is 5.17. The van der Waals surface area contributed by atoms with Gasteiger partial charge in [0.1, 0.15) is 5.75 Å². The van der Waals surface area contributed by atoms with Crippen molar-refractivity contribution in [2.24, 2.45) is 0 Å². The SMILES string of the molecule is O=C(NCCCOCC1CCCO1)C(Oc1ccccc1Br)c1ccccc1. The highest BCUT2D eigenvalue weighted by Crippen LogP contribution is 2.29. The standard InChI is InChI=1S/C22H26BrNO4/c23-19-11-4-5-12-20(19)28-21(17-8-2-1-3-9-17)22(25)24-13-7-14-26-16-18-10-6-15-27-18/h1-5,8-9,11-12,18,21H,6-7,10,13-16H2,(H,24,25). The lowest BCUT2D eigenvalue weighted by molar-refractivity contribution is -0.128. The molecule has 2 aromatic rings. The van der Waals surface area contributed by atoms with Gasteiger partial charge in [-0.25, -0.2) is 0 Å². The summed E-state index contributed by atoms with van der Waals surface area (Å²) in [5, 5.41) is 2.96. The van der Waals surface area contributed by atoms with Crippen LogP contribution in [-0.2, 0) is 14.3 Å². The number of rotatable bonds is 10. The molecule has 0 radical (unpaired) electrons. The van der Waals surface area contributed by atoms with Gasteiger partial charge in [0.15, 0.2) is 0 Å². The smallest absolute Gasteiger partial charge is 0.265 e. The van der Waals surface area contributed by atoms with Gasteiger partial charge in [0, 0.05) is 25.3 Å². The van der Waals surface area contributed by atoms with E-state index in [-0.39, 0.29) is 12.0 Å². The van der Waals surface area contributed by atoms with Crippen LogP contribution in [0.25, 0.3) is 0 Å². The highest BCUT2D eigenvalue weighted by atomic mass is 79.9. The number of hydrogen-bond acceptors (Lipinski definition) is 4. The molecule has 2 aromatic carbocycles. The van der Waals surface area contributed by atoms with Crippen LogP contribution >= 0.6 is 15.9 Å². The molecule has 5 nitrogen and oxygen atoms in total. The molecule has 1 saturated heterocycles. The number of para-hydroxylation sites is 1. The van der Waals surface area contributed by atoms with Gasteiger partial charge in [0.2, 0.25) is 6.10 Å². The quantitative estimate of drug-likeness (QED) is 0.552. The molecule has 1 heterocycles. The van der Waals surface area contributed by atoms with Crippen LogP contribution in [0.3, 0.4) is 0 Å². The molecule has 0 saturated carbocycles. The number of hydrogen-bond donors (Lipinski definition) is 1. The molecule has 0 bridgehead atoms. The maximum Gasteiger partial charge on any atom is 0.265 e. The monoisotopic (exact) mass is 447 g/mol. The van der Waals surface area contributed by atoms with Gasteiger partial charge in [-0.1, -0.05) is 42.5 Å². The van der Waals surface area contributed by atoms with Gasteiger partial charge in [-0.05, 0) is 47.3 Å². The van der Waals surface area contributed by atoms with Crippen molar-refractivity contribution in [3.8, 4) is 5.75 Å². The van der Waals surface area contributed by atoms with Gasteiger partial charge in [0.25, 0.3) is 5.91 Å². The van der Waals surface area contributed by atoms with Gasteiger partial charge < -0.3 is 19.5 Å². The number of carbonyl (C=O) groups is 1. The predicted octanol–water partition coefficient (Wildman–Crippen LogP) is 4.27. The topological polar surface area (TPSA) is 56.8 Å². The Morgan fingerprint density at radius 1 is 1.18 bits per heavy atom. The van der Waals surface area contributed by atoms with Crippen LogP contribution < -0.4 is 10.1 Å². The van der Waals surface area contributed by atoms with Crippen LogP contribution in [0.2, 0.25) is 0 Å². The zero-order valence-corrected chi connectivity index (χ0v) is 17.4. The number of carbonyl (C=O) groups excluding carboxylic acids is 1. The van der Waals surface area contributed by atoms with Crippen molar-refractivity contribution in [2.45, 2.75) is 31.5 Å². The second kappa shape index (κ2) is 11.2. The average molecular weight is 448 g/mol. The summed E-state index contributed by atoms with van der Waals surface area (Å²) in [6.07, 6.45) is 2.45. The summed E-state index contributed by atoms with van der Waals surface area (Å²) >= 11 is 3.47. The molecule has 0 aromatic heterocycles. The predicted molar refractivity (Wildman–Crippen MR) is 111 cm³/mol. The van der Waals surface area contributed by atoms with Gasteiger partial charge >= 0.3 is 0 Å². The number of amides is 1. The molecule has 0 aliphatic carbocycles. The minimum atomic E-state index is -0.715. The lowest BCUT2D eigenvalue weighted by Gasteiger charge is -2.20. The normalized spacial score (nSPS) is 17.2. The molecule has 1 amide bonds. The maximum atomic E-state index is 12.8. The summed E-state index contributed by atoms with van der Waals surface area (Å²) in [5.74, 6) is 0.465. The van der Waals surface area contributed by atoms with Crippen LogP contribution in [0.1, 0.15) is 30.9 Å². The third kappa shape index (κ3) is 6.33. The lowest BCUT2D eigenvalue weighted by atomic mass is 10.1. The molecule has 1 aliphatic heterocycles. The Hall–Kier alpha value is -1.89. The summed E-state index contributed by atoms with van der Waals surface area (Å²) in [4.78, 5) is 12.8. The molecule has 6 heteroatoms. The van der Waals surface area contributed by atoms with Crippen LogP contribution in [-0.4, -0.2) is 38.4 Å². The Labute approximate surface area is 174 Å². The van der Waals surface area contributed by atoms with E-state index in [2.05, 4.69) is 21.2 Å². The molecule has 3 rings (SSSR count). The van der Waals surface area contributed by atoms with Gasteiger partial charge in [-0.15, -0.1) is 0 Å². The van der Waals surface area contributed by atoms with Crippen molar-refractivity contribution in [1.29, 1.82) is 0 Å². The first-order valence-electron chi connectivity index (χ1n) is 9.67. The molecule has 1 N–H and O–H groups in total. The van der Waals surface area contributed by atoms with E-state index in [0.717, 1.165) is 35.9 Å². The van der Waals surface area contributed by atoms with Crippen LogP contribution in [0.15, 0.2) is 59.1 Å². The van der Waals surface area contributed by atoms with Crippen molar-refractivity contribution >= 4 is 21.8 Å². The Kier molecular flexibility index (Phi) is 8.33. The lowest BCUT2D eigenvalue weighted by Crippen LogP contribution is -2.33. The summed E-state index contributed by atoms with van der Waals surface area (Å²) in [5.41, 5.74) is 0.811. The second-order valence-electron chi connectivity index (χ2n) is 6.69. The maximum absolute atomic E-state index is 12.8. The zero-order valence-electron chi connectivity index (χ0n) is 15.8. The molecular formula is C22H26BrNO4. The van der Waals surface area contributed by atoms with Crippen LogP contribution in [0, 0.1) is 0 Å². The zero-order chi connectivity index (χ0) is 19.6. The highest BCUT2D eigenvalue weighted by molar-refractivity contribution is 9.10. The molecule has 2 unspecified atom stereocenters. The number of halogens is 1. The van der Waals surface area contributed by atoms with Crippen molar-refractivity contribution in [1.82, 2.24) is 5.32 Å². The summed E-state index contributed by atoms with van der Waals surface area (Å²) < 4.78 is 18.0. The van der Waals surface area contributed by atoms with Crippen LogP contribution in [0.4, 0.5) is 0 Å². The van der Waals surface area contributed by atoms with E-state index in [4.69, 9.17) is 14.2 Å². The first-order valence-corrected chi connectivity index (χ1v) is 10.5. The van der Waals surface area contributed by atoms with E-state index in [9.17, 15) is 4.79 Å². The second-order valence-corrected chi connectivity index (χ2v) is 7.55. The fourth-order valence-corrected chi connectivity index (χ4v) is 3.42. The van der Waals surface area contributed by atoms with Crippen molar-refractivity contribution in [2.75, 3.05) is 26.4 Å². The van der Waals surface area contributed by atoms with Gasteiger partial charge in [-0.3, -0.25) is 4.79 Å². The largest absolute Gasteiger partial charge is 0.475 e. The fraction of sp³-hybridized carbons (Fsp3) is 0.409. The van der Waals surface area contributed by atoms with E-state index >= 15 is 0 Å². The summed E-state index contributed by atoms with van der Waals surface area (Å²) in [6, 6.07) is 17.0. The van der Waals surface area contributed by atoms with Gasteiger partial charge in [-0.2, -0.15) is 0 Å². The molecule has 150 valence electrons. The van der Waals surface area contributed by atoms with Crippen molar-refractivity contribution in [3.63, 3.8) is 0 Å². The minimum absolute atomic E-state index is 0.166. The first kappa shape index (κ1) is 20.8. The molecule has 2 atom stereocenters. The molecule has 1 aliphatic rings. The highest BCUT2D eigenvalue weighted by Gasteiger charge is 2.23. The van der Waals surface area contributed by atoms with Crippen molar-refractivity contribution < 1.29 is 19.0 Å². The van der Waals surface area contributed by atoms with Crippen LogP contribution in [0.5, 0.6) is 5.75 Å². The third-order valence-electron chi connectivity index (χ3n) is 4.51. The number of benzene rings is 2. The van der Waals surface area contributed by atoms with E-state index in [1.165, 1.54) is 0 Å². The number of ether oxygens (including phenoxy) is 3. The van der Waals surface area contributed by atoms with E-state index in [1.54, 1.807) is 0 Å². The van der Waals surface area contributed by atoms with Gasteiger partial charge in [0.05, 0.1) is 17.2 Å². The molecular weight excluding hydrogens is 422 g/mol. The van der Waals surface area contributed by atoms with Crippen molar-refractivity contribution in [3.05, 3.63) is 64.6 Å². The molecule has 1 fully saturated rings. The van der Waals surface area contributed by atoms with E-state index < -0.39 is 6.10 Å². The first-order chi connectivity index (χ1) is 13.7. The summed E-state index contributed by atoms with van der Waals surface area (Å²) in [7, 11) is 0. The molecule has 0 spiro atoms. The Morgan fingerprint density at radius 3 is 2.71 bits per heavy atom. The molecule has 28 heavy (non-hydrogen) atoms. The van der Waals surface area contributed by atoms with E-state index in [1.807, 2.05) is 54.6 Å². The average Bonchev–Trinajstić information content (AvgIpc) is 3.24. The Bertz CT molecular complexity index is 734. The minimum Gasteiger partial charge on any atom is -0.475 e. The summed E-state index contributed by atoms with van der Waals surface area (Å²) in [6.45, 7) is 2.60. The van der Waals surface area contributed by atoms with E-state index in [0.29, 0.717) is 25.5 Å². The Balaban J connectivity index is 1.49. The number of nitrogens with one attached hydrogen (secondary N) is 1. The fourth-order valence-electron chi connectivity index (χ4n) is 3.04.